The highest BCUT2D eigenvalue weighted by Gasteiger charge is 2.42. The molecule has 0 aromatic carbocycles. The molecule has 0 saturated heterocycles. The lowest BCUT2D eigenvalue weighted by atomic mass is 10.2. The number of ether oxygens (including phenoxy) is 1. The van der Waals surface area contributed by atoms with Gasteiger partial charge >= 0.3 is 17.6 Å². The molecule has 10 nitrogen and oxygen atoms in total. The van der Waals surface area contributed by atoms with Crippen LogP contribution in [0.1, 0.15) is 20.3 Å². The van der Waals surface area contributed by atoms with Gasteiger partial charge in [0.2, 0.25) is 0 Å². The van der Waals surface area contributed by atoms with Gasteiger partial charge in [0.15, 0.2) is 5.79 Å². The number of rotatable bonds is 18. The second-order valence-corrected chi connectivity index (χ2v) is 13.1. The predicted octanol–water partition coefficient (Wildman–Crippen LogP) is 0.507. The molecule has 0 aromatic rings. The Kier molecular flexibility index (Phi) is 14.2. The van der Waals surface area contributed by atoms with E-state index in [2.05, 4.69) is 4.90 Å². The summed E-state index contributed by atoms with van der Waals surface area (Å²) in [5.74, 6) is -1.35. The van der Waals surface area contributed by atoms with E-state index in [1.54, 1.807) is 49.6 Å². The molecule has 0 aliphatic rings. The Morgan fingerprint density at radius 1 is 0.931 bits per heavy atom. The van der Waals surface area contributed by atoms with Crippen LogP contribution in [0.2, 0.25) is 12.1 Å². The molecule has 0 bridgehead atoms. The van der Waals surface area contributed by atoms with Crippen LogP contribution >= 0.6 is 0 Å². The van der Waals surface area contributed by atoms with E-state index >= 15 is 0 Å². The SMILES string of the molecule is CO[Si](CCCOC(C)(O)CN(CCN)C(C)C[Si](OC)(OC)OC)(OC)OC. The van der Waals surface area contributed by atoms with E-state index in [1.165, 1.54) is 0 Å². The molecular weight excluding hydrogens is 416 g/mol. The summed E-state index contributed by atoms with van der Waals surface area (Å²) >= 11 is 0. The molecule has 0 aromatic heterocycles. The summed E-state index contributed by atoms with van der Waals surface area (Å²) < 4.78 is 38.5. The Labute approximate surface area is 178 Å². The Hall–Kier alpha value is 0.0338. The zero-order valence-electron chi connectivity index (χ0n) is 19.4. The van der Waals surface area contributed by atoms with Gasteiger partial charge in [0, 0.05) is 73.9 Å². The molecule has 2 atom stereocenters. The minimum atomic E-state index is -2.75. The van der Waals surface area contributed by atoms with Crippen molar-refractivity contribution in [2.45, 2.75) is 44.2 Å². The molecule has 0 rings (SSSR count). The van der Waals surface area contributed by atoms with Crippen LogP contribution in [0.25, 0.3) is 0 Å². The molecule has 0 saturated carbocycles. The molecule has 176 valence electrons. The molecule has 29 heavy (non-hydrogen) atoms. The van der Waals surface area contributed by atoms with Crippen LogP contribution in [-0.4, -0.2) is 108 Å². The molecule has 0 aliphatic carbocycles. The minimum Gasteiger partial charge on any atom is -0.377 e. The topological polar surface area (TPSA) is 114 Å². The largest absolute Gasteiger partial charge is 0.501 e. The fourth-order valence-electron chi connectivity index (χ4n) is 3.17. The summed E-state index contributed by atoms with van der Waals surface area (Å²) in [4.78, 5) is 2.05. The smallest absolute Gasteiger partial charge is 0.377 e. The van der Waals surface area contributed by atoms with Crippen molar-refractivity contribution in [3.8, 4) is 0 Å². The van der Waals surface area contributed by atoms with Crippen LogP contribution in [0.5, 0.6) is 0 Å². The van der Waals surface area contributed by atoms with E-state index in [9.17, 15) is 5.11 Å². The third kappa shape index (κ3) is 9.80. The van der Waals surface area contributed by atoms with E-state index in [0.717, 1.165) is 0 Å². The van der Waals surface area contributed by atoms with Gasteiger partial charge in [0.25, 0.3) is 0 Å². The van der Waals surface area contributed by atoms with Crippen LogP contribution in [0.15, 0.2) is 0 Å². The second-order valence-electron chi connectivity index (χ2n) is 7.03. The lowest BCUT2D eigenvalue weighted by Crippen LogP contribution is -2.53. The number of nitrogens with zero attached hydrogens (tertiary/aromatic N) is 1. The van der Waals surface area contributed by atoms with Gasteiger partial charge in [-0.15, -0.1) is 0 Å². The van der Waals surface area contributed by atoms with Crippen LogP contribution in [0.4, 0.5) is 0 Å². The third-order valence-electron chi connectivity index (χ3n) is 4.99. The molecule has 0 spiro atoms. The molecule has 0 radical (unpaired) electrons. The van der Waals surface area contributed by atoms with E-state index < -0.39 is 23.4 Å². The van der Waals surface area contributed by atoms with Crippen molar-refractivity contribution in [3.63, 3.8) is 0 Å². The summed E-state index contributed by atoms with van der Waals surface area (Å²) in [5, 5.41) is 10.8. The fraction of sp³-hybridized carbons (Fsp3) is 1.00. The molecule has 0 aliphatic heterocycles. The van der Waals surface area contributed by atoms with Crippen LogP contribution in [-0.2, 0) is 31.3 Å². The Balaban J connectivity index is 4.82. The molecule has 12 heteroatoms. The van der Waals surface area contributed by atoms with Crippen LogP contribution in [0.3, 0.4) is 0 Å². The summed E-state index contributed by atoms with van der Waals surface area (Å²) in [7, 11) is 4.08. The van der Waals surface area contributed by atoms with Crippen molar-refractivity contribution in [2.75, 3.05) is 68.9 Å². The van der Waals surface area contributed by atoms with Crippen molar-refractivity contribution in [1.82, 2.24) is 4.90 Å². The van der Waals surface area contributed by atoms with Crippen molar-refractivity contribution in [2.24, 2.45) is 5.73 Å². The number of nitrogens with two attached hydrogens (primary N) is 1. The van der Waals surface area contributed by atoms with E-state index in [4.69, 9.17) is 37.0 Å². The lowest BCUT2D eigenvalue weighted by Gasteiger charge is -2.37. The van der Waals surface area contributed by atoms with E-state index in [1.807, 2.05) is 6.92 Å². The van der Waals surface area contributed by atoms with Crippen molar-refractivity contribution < 1.29 is 36.4 Å². The average Bonchev–Trinajstić information content (AvgIpc) is 2.72. The standard InChI is InChI=1S/C17H42N2O8Si2/c1-16(14-29(24-6,25-7)26-8)19(11-10-18)15-17(2,20)27-12-9-13-28(21-3,22-4)23-5/h16,20H,9-15,18H2,1-8H3. The lowest BCUT2D eigenvalue weighted by molar-refractivity contribution is -0.202. The minimum absolute atomic E-state index is 0.00988. The zero-order chi connectivity index (χ0) is 22.6. The maximum Gasteiger partial charge on any atom is 0.501 e. The number of aliphatic hydroxyl groups is 1. The van der Waals surface area contributed by atoms with Crippen molar-refractivity contribution in [1.29, 1.82) is 0 Å². The second kappa shape index (κ2) is 14.2. The summed E-state index contributed by atoms with van der Waals surface area (Å²) in [5.41, 5.74) is 5.78. The normalized spacial score (nSPS) is 16.2. The van der Waals surface area contributed by atoms with Gasteiger partial charge in [0.1, 0.15) is 0 Å². The predicted molar refractivity (Wildman–Crippen MR) is 114 cm³/mol. The first-order chi connectivity index (χ1) is 13.6. The van der Waals surface area contributed by atoms with Gasteiger partial charge < -0.3 is 42.1 Å². The first-order valence-electron chi connectivity index (χ1n) is 9.74. The molecular formula is C17H42N2O8Si2. The monoisotopic (exact) mass is 458 g/mol. The Morgan fingerprint density at radius 2 is 1.41 bits per heavy atom. The van der Waals surface area contributed by atoms with Crippen LogP contribution in [0, 0.1) is 0 Å². The zero-order valence-corrected chi connectivity index (χ0v) is 21.4. The third-order valence-corrected chi connectivity index (χ3v) is 10.8. The molecule has 0 fully saturated rings. The fourth-order valence-corrected chi connectivity index (χ4v) is 6.84. The highest BCUT2D eigenvalue weighted by molar-refractivity contribution is 6.61. The van der Waals surface area contributed by atoms with Gasteiger partial charge in [-0.05, 0) is 20.3 Å². The highest BCUT2D eigenvalue weighted by atomic mass is 28.4. The quantitative estimate of drug-likeness (QED) is 0.171. The van der Waals surface area contributed by atoms with Gasteiger partial charge in [0.05, 0.1) is 13.2 Å². The summed E-state index contributed by atoms with van der Waals surface area (Å²) in [6.07, 6.45) is 0.636. The molecule has 2 unspecified atom stereocenters. The van der Waals surface area contributed by atoms with E-state index in [-0.39, 0.29) is 12.6 Å². The van der Waals surface area contributed by atoms with Gasteiger partial charge in [-0.1, -0.05) is 0 Å². The van der Waals surface area contributed by atoms with Gasteiger partial charge in [-0.25, -0.2) is 0 Å². The summed E-state index contributed by atoms with van der Waals surface area (Å²) in [6.45, 7) is 5.34. The molecule has 0 heterocycles. The Morgan fingerprint density at radius 3 is 1.83 bits per heavy atom. The maximum atomic E-state index is 10.8. The van der Waals surface area contributed by atoms with Crippen LogP contribution < -0.4 is 5.73 Å². The number of hydrogen-bond acceptors (Lipinski definition) is 10. The maximum absolute atomic E-state index is 10.8. The van der Waals surface area contributed by atoms with Gasteiger partial charge in [-0.3, -0.25) is 4.90 Å². The van der Waals surface area contributed by atoms with Crippen molar-refractivity contribution in [3.05, 3.63) is 0 Å². The first-order valence-corrected chi connectivity index (χ1v) is 13.6. The average molecular weight is 459 g/mol. The van der Waals surface area contributed by atoms with Gasteiger partial charge in [-0.2, -0.15) is 0 Å². The first kappa shape index (κ1) is 29.0. The van der Waals surface area contributed by atoms with E-state index in [0.29, 0.717) is 38.2 Å². The highest BCUT2D eigenvalue weighted by Crippen LogP contribution is 2.21. The van der Waals surface area contributed by atoms with Crippen molar-refractivity contribution >= 4 is 17.6 Å². The summed E-state index contributed by atoms with van der Waals surface area (Å²) in [6, 6.07) is 1.17. The molecule has 3 N–H and O–H groups in total. The Bertz CT molecular complexity index is 410. The number of hydrogen-bond donors (Lipinski definition) is 2. The molecule has 0 amide bonds.